The number of para-hydroxylation sites is 2. The normalized spacial score (nSPS) is 10.4. The van der Waals surface area contributed by atoms with E-state index in [9.17, 15) is 0 Å². The molecule has 0 N–H and O–H groups in total. The Labute approximate surface area is 168 Å². The van der Waals surface area contributed by atoms with Gasteiger partial charge in [-0.3, -0.25) is 0 Å². The molecule has 0 aliphatic rings. The summed E-state index contributed by atoms with van der Waals surface area (Å²) in [6.45, 7) is 0. The van der Waals surface area contributed by atoms with E-state index < -0.39 is 0 Å². The molecule has 29 heavy (non-hydrogen) atoms. The Morgan fingerprint density at radius 3 is 1.59 bits per heavy atom. The Hall–Kier alpha value is -4.00. The topological polar surface area (TPSA) is 64.2 Å². The minimum atomic E-state index is 0.149. The summed E-state index contributed by atoms with van der Waals surface area (Å²) in [7, 11) is 3.97. The van der Waals surface area contributed by atoms with E-state index in [4.69, 9.17) is 9.47 Å². The highest BCUT2D eigenvalue weighted by Crippen LogP contribution is 2.22. The Morgan fingerprint density at radius 1 is 0.655 bits per heavy atom. The predicted molar refractivity (Wildman–Crippen MR) is 109 cm³/mol. The Morgan fingerprint density at radius 2 is 1.14 bits per heavy atom. The molecule has 0 saturated heterocycles. The lowest BCUT2D eigenvalue weighted by Crippen LogP contribution is -2.33. The fourth-order valence-electron chi connectivity index (χ4n) is 2.57. The largest absolute Gasteiger partial charge is 0.447 e. The van der Waals surface area contributed by atoms with E-state index in [-0.39, 0.29) is 12.0 Å². The molecule has 0 atom stereocenters. The molecule has 4 rings (SSSR count). The molecule has 0 amide bonds. The van der Waals surface area contributed by atoms with Gasteiger partial charge in [-0.05, 0) is 46.4 Å². The molecule has 0 fully saturated rings. The Kier molecular flexibility index (Phi) is 5.29. The van der Waals surface area contributed by atoms with Crippen LogP contribution in [-0.4, -0.2) is 29.0 Å². The van der Waals surface area contributed by atoms with Gasteiger partial charge < -0.3 is 14.4 Å². The lowest BCUT2D eigenvalue weighted by molar-refractivity contribution is -0.603. The smallest absolute Gasteiger partial charge is 0.412 e. The molecule has 2 heterocycles. The van der Waals surface area contributed by atoms with Crippen LogP contribution < -0.4 is 18.9 Å². The van der Waals surface area contributed by atoms with E-state index >= 15 is 0 Å². The van der Waals surface area contributed by atoms with E-state index in [1.54, 1.807) is 4.57 Å². The molecule has 0 spiro atoms. The van der Waals surface area contributed by atoms with E-state index in [0.717, 1.165) is 5.69 Å². The maximum absolute atomic E-state index is 5.82. The van der Waals surface area contributed by atoms with Crippen molar-refractivity contribution in [2.75, 3.05) is 19.0 Å². The third-order valence-electron chi connectivity index (χ3n) is 4.05. The second-order valence-corrected chi connectivity index (χ2v) is 6.39. The lowest BCUT2D eigenvalue weighted by Gasteiger charge is -2.11. The van der Waals surface area contributed by atoms with E-state index in [1.807, 2.05) is 104 Å². The van der Waals surface area contributed by atoms with Gasteiger partial charge in [0, 0.05) is 19.8 Å². The van der Waals surface area contributed by atoms with Crippen molar-refractivity contribution in [1.29, 1.82) is 0 Å². The molecule has 0 radical (unpaired) electrons. The van der Waals surface area contributed by atoms with E-state index in [0.29, 0.717) is 17.4 Å². The number of anilines is 1. The standard InChI is InChI=1S/C22H20N5O2/c1-26(2)17-13-15-27(16-14-17)20-23-21(28-18-9-5-3-6-10-18)25-22(24-20)29-19-11-7-4-8-12-19/h3-16H,1-2H3/q+1. The molecule has 4 aromatic rings. The zero-order valence-corrected chi connectivity index (χ0v) is 16.1. The van der Waals surface area contributed by atoms with Crippen LogP contribution in [0.2, 0.25) is 0 Å². The van der Waals surface area contributed by atoms with Crippen molar-refractivity contribution in [3.63, 3.8) is 0 Å². The summed E-state index contributed by atoms with van der Waals surface area (Å²) in [5.74, 6) is 1.65. The van der Waals surface area contributed by atoms with Crippen LogP contribution in [0.3, 0.4) is 0 Å². The van der Waals surface area contributed by atoms with Crippen LogP contribution in [0.1, 0.15) is 0 Å². The maximum atomic E-state index is 5.82. The third kappa shape index (κ3) is 4.65. The first-order valence-electron chi connectivity index (χ1n) is 9.08. The number of ether oxygens (including phenoxy) is 2. The zero-order valence-electron chi connectivity index (χ0n) is 16.1. The SMILES string of the molecule is CN(C)c1cc[n+](-c2nc(Oc3ccccc3)nc(Oc3ccccc3)n2)cc1. The number of aromatic nitrogens is 4. The highest BCUT2D eigenvalue weighted by atomic mass is 16.5. The van der Waals surface area contributed by atoms with Gasteiger partial charge >= 0.3 is 18.0 Å². The van der Waals surface area contributed by atoms with Crippen molar-refractivity contribution in [2.45, 2.75) is 0 Å². The molecule has 7 heteroatoms. The predicted octanol–water partition coefficient (Wildman–Crippen LogP) is 3.80. The molecule has 0 unspecified atom stereocenters. The minimum absolute atomic E-state index is 0.149. The first kappa shape index (κ1) is 18.4. The Balaban J connectivity index is 1.70. The first-order valence-corrected chi connectivity index (χ1v) is 9.08. The van der Waals surface area contributed by atoms with Gasteiger partial charge in [-0.25, -0.2) is 4.57 Å². The molecule has 7 nitrogen and oxygen atoms in total. The molecule has 0 bridgehead atoms. The summed E-state index contributed by atoms with van der Waals surface area (Å²) in [5.41, 5.74) is 1.07. The molecule has 2 aromatic heterocycles. The monoisotopic (exact) mass is 386 g/mol. The van der Waals surface area contributed by atoms with Gasteiger partial charge in [-0.2, -0.15) is 0 Å². The number of pyridine rings is 1. The first-order chi connectivity index (χ1) is 14.2. The van der Waals surface area contributed by atoms with Crippen molar-refractivity contribution in [3.05, 3.63) is 85.2 Å². The van der Waals surface area contributed by atoms with Crippen LogP contribution in [0.5, 0.6) is 23.5 Å². The number of benzene rings is 2. The van der Waals surface area contributed by atoms with Crippen molar-refractivity contribution in [2.24, 2.45) is 0 Å². The summed E-state index contributed by atoms with van der Waals surface area (Å²) < 4.78 is 13.4. The van der Waals surface area contributed by atoms with Crippen molar-refractivity contribution in [3.8, 4) is 29.5 Å². The van der Waals surface area contributed by atoms with Gasteiger partial charge in [0.25, 0.3) is 0 Å². The van der Waals surface area contributed by atoms with Crippen molar-refractivity contribution >= 4 is 5.69 Å². The lowest BCUT2D eigenvalue weighted by atomic mass is 10.3. The average molecular weight is 386 g/mol. The van der Waals surface area contributed by atoms with E-state index in [2.05, 4.69) is 15.0 Å². The van der Waals surface area contributed by atoms with Crippen LogP contribution in [-0.2, 0) is 0 Å². The molecule has 0 saturated carbocycles. The molecule has 0 aliphatic heterocycles. The summed E-state index contributed by atoms with van der Waals surface area (Å²) in [5, 5.41) is 0. The summed E-state index contributed by atoms with van der Waals surface area (Å²) in [4.78, 5) is 15.2. The third-order valence-corrected chi connectivity index (χ3v) is 4.05. The summed E-state index contributed by atoms with van der Waals surface area (Å²) >= 11 is 0. The number of hydrogen-bond donors (Lipinski definition) is 0. The zero-order chi connectivity index (χ0) is 20.1. The van der Waals surface area contributed by atoms with Gasteiger partial charge in [-0.15, -0.1) is 4.98 Å². The van der Waals surface area contributed by atoms with Crippen LogP contribution in [0.15, 0.2) is 85.2 Å². The van der Waals surface area contributed by atoms with Gasteiger partial charge in [0.05, 0.1) is 12.4 Å². The second kappa shape index (κ2) is 8.35. The Bertz CT molecular complexity index is 1010. The quantitative estimate of drug-likeness (QED) is 0.470. The van der Waals surface area contributed by atoms with Gasteiger partial charge in [0.15, 0.2) is 0 Å². The highest BCUT2D eigenvalue weighted by molar-refractivity contribution is 5.41. The van der Waals surface area contributed by atoms with Crippen molar-refractivity contribution < 1.29 is 14.0 Å². The maximum Gasteiger partial charge on any atom is 0.447 e. The van der Waals surface area contributed by atoms with Gasteiger partial charge in [0.2, 0.25) is 0 Å². The number of rotatable bonds is 6. The van der Waals surface area contributed by atoms with Crippen LogP contribution in [0.4, 0.5) is 5.69 Å². The average Bonchev–Trinajstić information content (AvgIpc) is 2.75. The van der Waals surface area contributed by atoms with Gasteiger partial charge in [0.1, 0.15) is 11.5 Å². The van der Waals surface area contributed by atoms with Crippen LogP contribution >= 0.6 is 0 Å². The minimum Gasteiger partial charge on any atom is -0.412 e. The fraction of sp³-hybridized carbons (Fsp3) is 0.0909. The second-order valence-electron chi connectivity index (χ2n) is 6.39. The van der Waals surface area contributed by atoms with Crippen LogP contribution in [0.25, 0.3) is 5.95 Å². The highest BCUT2D eigenvalue weighted by Gasteiger charge is 2.21. The van der Waals surface area contributed by atoms with Crippen LogP contribution in [0, 0.1) is 0 Å². The van der Waals surface area contributed by atoms with Crippen molar-refractivity contribution in [1.82, 2.24) is 15.0 Å². The molecule has 0 aliphatic carbocycles. The number of nitrogens with zero attached hydrogens (tertiary/aromatic N) is 5. The molecular formula is C22H20N5O2+. The van der Waals surface area contributed by atoms with Gasteiger partial charge in [-0.1, -0.05) is 36.4 Å². The fourth-order valence-corrected chi connectivity index (χ4v) is 2.57. The summed E-state index contributed by atoms with van der Waals surface area (Å²) in [6, 6.07) is 22.9. The number of hydrogen-bond acceptors (Lipinski definition) is 6. The molecule has 144 valence electrons. The van der Waals surface area contributed by atoms with E-state index in [1.165, 1.54) is 0 Å². The summed E-state index contributed by atoms with van der Waals surface area (Å²) in [6.07, 6.45) is 3.76. The molecular weight excluding hydrogens is 366 g/mol. The molecule has 2 aromatic carbocycles.